The van der Waals surface area contributed by atoms with Crippen molar-refractivity contribution in [1.82, 2.24) is 4.72 Å². The van der Waals surface area contributed by atoms with Crippen LogP contribution in [0.1, 0.15) is 33.6 Å². The van der Waals surface area contributed by atoms with E-state index in [1.54, 1.807) is 0 Å². The van der Waals surface area contributed by atoms with E-state index in [1.165, 1.54) is 0 Å². The summed E-state index contributed by atoms with van der Waals surface area (Å²) in [6.45, 7) is 6.22. The molecule has 68 valence electrons. The second-order valence-electron chi connectivity index (χ2n) is 4.41. The van der Waals surface area contributed by atoms with Gasteiger partial charge in [0.25, 0.3) is 0 Å². The van der Waals surface area contributed by atoms with Crippen molar-refractivity contribution in [3.8, 4) is 0 Å². The van der Waals surface area contributed by atoms with Gasteiger partial charge in [0.1, 0.15) is 0 Å². The van der Waals surface area contributed by atoms with Gasteiger partial charge in [-0.3, -0.25) is 8.93 Å². The highest BCUT2D eigenvalue weighted by Crippen LogP contribution is 2.18. The fraction of sp³-hybridized carbons (Fsp3) is 1.00. The van der Waals surface area contributed by atoms with Crippen LogP contribution in [0, 0.1) is 0 Å². The van der Waals surface area contributed by atoms with Gasteiger partial charge >= 0.3 is 0 Å². The Morgan fingerprint density at radius 2 is 1.64 bits per heavy atom. The molecule has 1 aliphatic heterocycles. The predicted octanol–water partition coefficient (Wildman–Crippen LogP) is 1.10. The average molecular weight is 177 g/mol. The van der Waals surface area contributed by atoms with E-state index in [9.17, 15) is 4.21 Å². The minimum absolute atomic E-state index is 0.0138. The molecule has 0 aromatic heterocycles. The molecule has 2 nitrogen and oxygen atoms in total. The first-order valence-electron chi connectivity index (χ1n) is 4.29. The van der Waals surface area contributed by atoms with Crippen LogP contribution >= 0.6 is 0 Å². The summed E-state index contributed by atoms with van der Waals surface area (Å²) in [5, 5.41) is 0. The first kappa shape index (κ1) is 9.20. The van der Waals surface area contributed by atoms with E-state index in [4.69, 9.17) is 0 Å². The van der Waals surface area contributed by atoms with Crippen molar-refractivity contribution in [1.29, 1.82) is 0 Å². The summed E-state index contributed by atoms with van der Waals surface area (Å²) >= 11 is 0. The van der Waals surface area contributed by atoms with Crippen molar-refractivity contribution in [2.24, 2.45) is 0 Å². The molecule has 0 radical (unpaired) electrons. The molecule has 1 rings (SSSR count). The zero-order chi connectivity index (χ0) is 8.54. The molecule has 0 saturated carbocycles. The number of hydrogen-bond acceptors (Lipinski definition) is 1. The Bertz CT molecular complexity index is 173. The molecule has 1 heterocycles. The number of rotatable bonds is 1. The summed E-state index contributed by atoms with van der Waals surface area (Å²) in [5.74, 6) is 1.81. The Morgan fingerprint density at radius 3 is 2.00 bits per heavy atom. The molecule has 0 amide bonds. The number of nitrogens with one attached hydrogen (secondary N) is 1. The lowest BCUT2D eigenvalue weighted by Gasteiger charge is -2.29. The van der Waals surface area contributed by atoms with Crippen molar-refractivity contribution in [3.63, 3.8) is 0 Å². The highest BCUT2D eigenvalue weighted by molar-refractivity contribution is 8.01. The van der Waals surface area contributed by atoms with Gasteiger partial charge in [0.05, 0.1) is 0 Å². The van der Waals surface area contributed by atoms with Crippen LogP contribution in [-0.4, -0.2) is 21.3 Å². The molecule has 0 aromatic carbocycles. The van der Waals surface area contributed by atoms with Gasteiger partial charge in [-0.25, -0.2) is 0 Å². The molecule has 1 N–H and O–H groups in total. The van der Waals surface area contributed by atoms with E-state index < -0.39 is 10.1 Å². The van der Waals surface area contributed by atoms with E-state index in [0.29, 0.717) is 0 Å². The molecule has 0 bridgehead atoms. The lowest BCUT2D eigenvalue weighted by atomic mass is 10.1. The van der Waals surface area contributed by atoms with Gasteiger partial charge in [-0.15, -0.1) is 0 Å². The van der Waals surface area contributed by atoms with Crippen LogP contribution in [0.4, 0.5) is 0 Å². The van der Waals surface area contributed by atoms with Crippen LogP contribution in [0.2, 0.25) is 0 Å². The molecule has 1 saturated heterocycles. The zero-order valence-corrected chi connectivity index (χ0v) is 8.58. The standard InChI is InChI=1S/C8H19NOS/c1-8(2,3)9-11(10)6-4-5-7-11/h11H,4-7H2,1-3H3,(H,9,10). The minimum Gasteiger partial charge on any atom is -0.271 e. The first-order valence-corrected chi connectivity index (χ1v) is 6.37. The summed E-state index contributed by atoms with van der Waals surface area (Å²) in [7, 11) is -1.94. The Kier molecular flexibility index (Phi) is 2.40. The quantitative estimate of drug-likeness (QED) is 0.577. The van der Waals surface area contributed by atoms with Crippen molar-refractivity contribution >= 4 is 10.1 Å². The van der Waals surface area contributed by atoms with Crippen molar-refractivity contribution < 1.29 is 4.21 Å². The number of thiol groups is 1. The Labute approximate surface area is 70.3 Å². The lowest BCUT2D eigenvalue weighted by molar-refractivity contribution is 0.514. The van der Waals surface area contributed by atoms with Gasteiger partial charge in [-0.05, 0) is 33.6 Å². The van der Waals surface area contributed by atoms with Crippen molar-refractivity contribution in [2.75, 3.05) is 11.5 Å². The fourth-order valence-corrected chi connectivity index (χ4v) is 4.71. The van der Waals surface area contributed by atoms with Crippen molar-refractivity contribution in [2.45, 2.75) is 39.2 Å². The molecule has 0 atom stereocenters. The smallest absolute Gasteiger partial charge is 0.0202 e. The Balaban J connectivity index is 2.54. The molecule has 11 heavy (non-hydrogen) atoms. The maximum absolute atomic E-state index is 11.9. The average Bonchev–Trinajstić information content (AvgIpc) is 2.09. The van der Waals surface area contributed by atoms with Crippen LogP contribution in [0.5, 0.6) is 0 Å². The monoisotopic (exact) mass is 177 g/mol. The predicted molar refractivity (Wildman–Crippen MR) is 51.4 cm³/mol. The van der Waals surface area contributed by atoms with Gasteiger partial charge in [-0.1, -0.05) is 10.1 Å². The number of hydrogen-bond donors (Lipinski definition) is 2. The summed E-state index contributed by atoms with van der Waals surface area (Å²) in [5.41, 5.74) is 0.0138. The second kappa shape index (κ2) is 2.87. The maximum atomic E-state index is 11.9. The van der Waals surface area contributed by atoms with Gasteiger partial charge in [0, 0.05) is 17.0 Å². The van der Waals surface area contributed by atoms with Crippen molar-refractivity contribution in [3.05, 3.63) is 0 Å². The van der Waals surface area contributed by atoms with Crippen LogP contribution < -0.4 is 4.72 Å². The third-order valence-electron chi connectivity index (χ3n) is 1.83. The fourth-order valence-electron chi connectivity index (χ4n) is 1.57. The van der Waals surface area contributed by atoms with Crippen LogP contribution in [0.15, 0.2) is 0 Å². The highest BCUT2D eigenvalue weighted by Gasteiger charge is 2.25. The molecule has 1 aliphatic rings. The maximum Gasteiger partial charge on any atom is 0.0202 e. The Morgan fingerprint density at radius 1 is 1.18 bits per heavy atom. The van der Waals surface area contributed by atoms with E-state index >= 15 is 0 Å². The summed E-state index contributed by atoms with van der Waals surface area (Å²) in [6, 6.07) is 0. The van der Waals surface area contributed by atoms with Gasteiger partial charge in [0.15, 0.2) is 0 Å². The van der Waals surface area contributed by atoms with E-state index in [1.807, 2.05) is 0 Å². The van der Waals surface area contributed by atoms with Crippen LogP contribution in [-0.2, 0) is 10.1 Å². The Hall–Kier alpha value is 0.110. The van der Waals surface area contributed by atoms with Crippen LogP contribution in [0.3, 0.4) is 0 Å². The molecule has 0 spiro atoms. The van der Waals surface area contributed by atoms with Gasteiger partial charge in [-0.2, -0.15) is 0 Å². The normalized spacial score (nSPS) is 26.8. The lowest BCUT2D eigenvalue weighted by Crippen LogP contribution is -2.45. The van der Waals surface area contributed by atoms with E-state index in [-0.39, 0.29) is 5.54 Å². The molecule has 0 unspecified atom stereocenters. The second-order valence-corrected chi connectivity index (χ2v) is 7.30. The van der Waals surface area contributed by atoms with Crippen LogP contribution in [0.25, 0.3) is 0 Å². The first-order chi connectivity index (χ1) is 4.91. The summed E-state index contributed by atoms with van der Waals surface area (Å²) < 4.78 is 15.2. The molecular formula is C8H19NOS. The SMILES string of the molecule is CC(C)(C)N[SH]1(=O)CCCC1. The summed E-state index contributed by atoms with van der Waals surface area (Å²) in [4.78, 5) is 0. The van der Waals surface area contributed by atoms with E-state index in [0.717, 1.165) is 24.3 Å². The zero-order valence-electron chi connectivity index (χ0n) is 7.68. The van der Waals surface area contributed by atoms with Gasteiger partial charge < -0.3 is 0 Å². The van der Waals surface area contributed by atoms with Gasteiger partial charge in [0.2, 0.25) is 0 Å². The topological polar surface area (TPSA) is 29.1 Å². The molecule has 1 fully saturated rings. The highest BCUT2D eigenvalue weighted by atomic mass is 32.3. The minimum atomic E-state index is -1.94. The summed E-state index contributed by atoms with van der Waals surface area (Å²) in [6.07, 6.45) is 2.28. The molecule has 0 aliphatic carbocycles. The van der Waals surface area contributed by atoms with E-state index in [2.05, 4.69) is 25.5 Å². The molecular weight excluding hydrogens is 158 g/mol. The third kappa shape index (κ3) is 2.91. The third-order valence-corrected chi connectivity index (χ3v) is 4.98. The molecule has 3 heteroatoms. The molecule has 0 aromatic rings. The largest absolute Gasteiger partial charge is 0.271 e.